The zero-order valence-electron chi connectivity index (χ0n) is 15.8. The maximum Gasteiger partial charge on any atom is 0.224 e. The largest absolute Gasteiger partial charge is 0.355 e. The fraction of sp³-hybridized carbons (Fsp3) is 0.125. The lowest BCUT2D eigenvalue weighted by atomic mass is 10.1. The summed E-state index contributed by atoms with van der Waals surface area (Å²) in [6.45, 7) is 0.582. The lowest BCUT2D eigenvalue weighted by molar-refractivity contribution is -0.120. The maximum absolute atomic E-state index is 13.3. The van der Waals surface area contributed by atoms with Gasteiger partial charge in [-0.25, -0.2) is 4.39 Å². The monoisotopic (exact) mass is 404 g/mol. The molecular weight excluding hydrogens is 383 g/mol. The average molecular weight is 405 g/mol. The van der Waals surface area contributed by atoms with Gasteiger partial charge in [-0.2, -0.15) is 0 Å². The molecule has 3 aromatic carbocycles. The topological polar surface area (TPSA) is 44.9 Å². The number of rotatable bonds is 7. The minimum absolute atomic E-state index is 0.0227. The molecule has 0 unspecified atom stereocenters. The number of para-hydroxylation sites is 1. The van der Waals surface area contributed by atoms with Crippen LogP contribution in [0.4, 0.5) is 4.39 Å². The molecule has 2 N–H and O–H groups in total. The molecule has 3 nitrogen and oxygen atoms in total. The molecule has 1 heterocycles. The van der Waals surface area contributed by atoms with Gasteiger partial charge in [0.25, 0.3) is 0 Å². The van der Waals surface area contributed by atoms with E-state index in [1.165, 1.54) is 12.1 Å². The Hall–Kier alpha value is -3.05. The Balaban J connectivity index is 1.44. The van der Waals surface area contributed by atoms with E-state index in [2.05, 4.69) is 16.4 Å². The summed E-state index contributed by atoms with van der Waals surface area (Å²) >= 11 is 1.69. The van der Waals surface area contributed by atoms with Gasteiger partial charge in [0, 0.05) is 28.1 Å². The number of hydrogen-bond donors (Lipinski definition) is 2. The number of aromatic amines is 1. The first-order valence-corrected chi connectivity index (χ1v) is 10.5. The van der Waals surface area contributed by atoms with Crippen molar-refractivity contribution in [2.24, 2.45) is 0 Å². The first-order valence-electron chi connectivity index (χ1n) is 9.51. The fourth-order valence-electron chi connectivity index (χ4n) is 3.27. The summed E-state index contributed by atoms with van der Waals surface area (Å²) in [6.07, 6.45) is 0.388. The molecule has 0 spiro atoms. The van der Waals surface area contributed by atoms with Crippen molar-refractivity contribution in [3.05, 3.63) is 90.2 Å². The zero-order valence-corrected chi connectivity index (χ0v) is 16.6. The van der Waals surface area contributed by atoms with Crippen LogP contribution in [0.25, 0.3) is 22.2 Å². The van der Waals surface area contributed by atoms with E-state index in [0.29, 0.717) is 13.0 Å². The van der Waals surface area contributed by atoms with Crippen molar-refractivity contribution in [2.45, 2.75) is 11.3 Å². The van der Waals surface area contributed by atoms with Gasteiger partial charge in [0.15, 0.2) is 0 Å². The predicted molar refractivity (Wildman–Crippen MR) is 118 cm³/mol. The van der Waals surface area contributed by atoms with Crippen LogP contribution in [0.3, 0.4) is 0 Å². The number of benzene rings is 3. The van der Waals surface area contributed by atoms with Gasteiger partial charge in [-0.05, 0) is 41.5 Å². The highest BCUT2D eigenvalue weighted by atomic mass is 32.2. The molecule has 5 heteroatoms. The molecule has 0 bridgehead atoms. The third-order valence-corrected chi connectivity index (χ3v) is 5.79. The Labute approximate surface area is 173 Å². The van der Waals surface area contributed by atoms with Crippen LogP contribution < -0.4 is 5.32 Å². The standard InChI is InChI=1S/C24H21FN2OS/c25-19-12-10-18(11-13-19)23-24(20-8-4-5-9-21(20)27-23)29-15-14-26-22(28)16-17-6-2-1-3-7-17/h1-13,27H,14-16H2,(H,26,28). The summed E-state index contributed by atoms with van der Waals surface area (Å²) in [7, 11) is 0. The van der Waals surface area contributed by atoms with Gasteiger partial charge in [0.2, 0.25) is 5.91 Å². The Morgan fingerprint density at radius 1 is 0.931 bits per heavy atom. The molecule has 4 rings (SSSR count). The smallest absolute Gasteiger partial charge is 0.224 e. The molecule has 29 heavy (non-hydrogen) atoms. The number of H-pyrrole nitrogens is 1. The lowest BCUT2D eigenvalue weighted by Crippen LogP contribution is -2.27. The third kappa shape index (κ3) is 4.69. The molecule has 0 radical (unpaired) electrons. The molecule has 0 saturated carbocycles. The van der Waals surface area contributed by atoms with E-state index in [1.807, 2.05) is 48.5 Å². The van der Waals surface area contributed by atoms with E-state index >= 15 is 0 Å². The summed E-state index contributed by atoms with van der Waals surface area (Å²) in [5, 5.41) is 4.12. The van der Waals surface area contributed by atoms with Crippen LogP contribution in [0.5, 0.6) is 0 Å². The van der Waals surface area contributed by atoms with Crippen LogP contribution in [0.15, 0.2) is 83.8 Å². The van der Waals surface area contributed by atoms with Crippen LogP contribution in [0, 0.1) is 5.82 Å². The number of fused-ring (bicyclic) bond motifs is 1. The molecule has 4 aromatic rings. The van der Waals surface area contributed by atoms with E-state index in [4.69, 9.17) is 0 Å². The SMILES string of the molecule is O=C(Cc1ccccc1)NCCSc1c(-c2ccc(F)cc2)[nH]c2ccccc12. The Morgan fingerprint density at radius 2 is 1.66 bits per heavy atom. The number of halogens is 1. The highest BCUT2D eigenvalue weighted by Crippen LogP contribution is 2.37. The minimum atomic E-state index is -0.250. The minimum Gasteiger partial charge on any atom is -0.355 e. The van der Waals surface area contributed by atoms with Gasteiger partial charge in [0.1, 0.15) is 5.82 Å². The van der Waals surface area contributed by atoms with Crippen molar-refractivity contribution in [1.29, 1.82) is 0 Å². The second-order valence-electron chi connectivity index (χ2n) is 6.74. The predicted octanol–water partition coefficient (Wildman–Crippen LogP) is 5.43. The maximum atomic E-state index is 13.3. The lowest BCUT2D eigenvalue weighted by Gasteiger charge is -2.07. The van der Waals surface area contributed by atoms with E-state index < -0.39 is 0 Å². The van der Waals surface area contributed by atoms with Crippen molar-refractivity contribution in [1.82, 2.24) is 10.3 Å². The molecule has 0 saturated heterocycles. The fourth-order valence-corrected chi connectivity index (χ4v) is 4.33. The summed E-state index contributed by atoms with van der Waals surface area (Å²) in [5.74, 6) is 0.519. The molecule has 1 aromatic heterocycles. The van der Waals surface area contributed by atoms with E-state index in [9.17, 15) is 9.18 Å². The van der Waals surface area contributed by atoms with Crippen LogP contribution in [-0.4, -0.2) is 23.2 Å². The Bertz CT molecular complexity index is 1110. The second kappa shape index (κ2) is 8.97. The quantitative estimate of drug-likeness (QED) is 0.319. The number of carbonyl (C=O) groups excluding carboxylic acids is 1. The van der Waals surface area contributed by atoms with E-state index in [1.54, 1.807) is 23.9 Å². The Kier molecular flexibility index (Phi) is 5.96. The highest BCUT2D eigenvalue weighted by Gasteiger charge is 2.14. The first-order chi connectivity index (χ1) is 14.2. The van der Waals surface area contributed by atoms with Gasteiger partial charge < -0.3 is 10.3 Å². The van der Waals surface area contributed by atoms with E-state index in [0.717, 1.165) is 38.4 Å². The average Bonchev–Trinajstić information content (AvgIpc) is 3.11. The first kappa shape index (κ1) is 19.3. The van der Waals surface area contributed by atoms with Gasteiger partial charge >= 0.3 is 0 Å². The van der Waals surface area contributed by atoms with Crippen molar-refractivity contribution >= 4 is 28.6 Å². The number of nitrogens with one attached hydrogen (secondary N) is 2. The van der Waals surface area contributed by atoms with Crippen molar-refractivity contribution in [2.75, 3.05) is 12.3 Å². The van der Waals surface area contributed by atoms with Crippen molar-refractivity contribution < 1.29 is 9.18 Å². The van der Waals surface area contributed by atoms with Crippen LogP contribution in [-0.2, 0) is 11.2 Å². The summed E-state index contributed by atoms with van der Waals surface area (Å²) in [4.78, 5) is 16.7. The zero-order chi connectivity index (χ0) is 20.1. The van der Waals surface area contributed by atoms with Crippen LogP contribution in [0.1, 0.15) is 5.56 Å². The number of thioether (sulfide) groups is 1. The van der Waals surface area contributed by atoms with Crippen LogP contribution >= 0.6 is 11.8 Å². The molecule has 0 aliphatic carbocycles. The Morgan fingerprint density at radius 3 is 2.45 bits per heavy atom. The van der Waals surface area contributed by atoms with Crippen molar-refractivity contribution in [3.8, 4) is 11.3 Å². The third-order valence-electron chi connectivity index (χ3n) is 4.67. The van der Waals surface area contributed by atoms with Crippen LogP contribution in [0.2, 0.25) is 0 Å². The summed E-state index contributed by atoms with van der Waals surface area (Å²) in [5.41, 5.74) is 3.97. The normalized spacial score (nSPS) is 10.9. The van der Waals surface area contributed by atoms with Gasteiger partial charge in [0.05, 0.1) is 12.1 Å². The summed E-state index contributed by atoms with van der Waals surface area (Å²) < 4.78 is 13.3. The molecule has 1 amide bonds. The number of hydrogen-bond acceptors (Lipinski definition) is 2. The molecule has 0 aliphatic heterocycles. The van der Waals surface area contributed by atoms with E-state index in [-0.39, 0.29) is 11.7 Å². The molecule has 0 fully saturated rings. The van der Waals surface area contributed by atoms with Crippen molar-refractivity contribution in [3.63, 3.8) is 0 Å². The molecule has 0 aliphatic rings. The second-order valence-corrected chi connectivity index (χ2v) is 7.85. The summed E-state index contributed by atoms with van der Waals surface area (Å²) in [6, 6.07) is 24.3. The van der Waals surface area contributed by atoms with Gasteiger partial charge in [-0.3, -0.25) is 4.79 Å². The molecular formula is C24H21FN2OS. The highest BCUT2D eigenvalue weighted by molar-refractivity contribution is 7.99. The van der Waals surface area contributed by atoms with Gasteiger partial charge in [-0.1, -0.05) is 48.5 Å². The molecule has 0 atom stereocenters. The number of carbonyl (C=O) groups is 1. The van der Waals surface area contributed by atoms with Gasteiger partial charge in [-0.15, -0.1) is 11.8 Å². The number of aromatic nitrogens is 1. The molecule has 146 valence electrons. The number of amides is 1.